The highest BCUT2D eigenvalue weighted by Gasteiger charge is 2.11. The van der Waals surface area contributed by atoms with Gasteiger partial charge in [0.1, 0.15) is 0 Å². The van der Waals surface area contributed by atoms with Crippen molar-refractivity contribution >= 4 is 5.91 Å². The molecular formula is C10H17N3O. The molecule has 0 spiro atoms. The highest BCUT2D eigenvalue weighted by molar-refractivity contribution is 5.75. The largest absolute Gasteiger partial charge is 0.340 e. The van der Waals surface area contributed by atoms with Crippen LogP contribution in [-0.2, 0) is 11.3 Å². The minimum Gasteiger partial charge on any atom is -0.340 e. The summed E-state index contributed by atoms with van der Waals surface area (Å²) in [7, 11) is 1.80. The number of carbonyl (C=O) groups is 1. The molecule has 0 saturated carbocycles. The van der Waals surface area contributed by atoms with Gasteiger partial charge in [-0.05, 0) is 12.0 Å². The number of hydrogen-bond acceptors (Lipinski definition) is 2. The highest BCUT2D eigenvalue weighted by atomic mass is 16.2. The molecular weight excluding hydrogens is 178 g/mol. The predicted octanol–water partition coefficient (Wildman–Crippen LogP) is 1.41. The minimum atomic E-state index is 0.169. The maximum atomic E-state index is 11.6. The SMILES string of the molecule is CC(C)CC(=O)N(C)Cc1cc[nH]n1. The van der Waals surface area contributed by atoms with Gasteiger partial charge >= 0.3 is 0 Å². The summed E-state index contributed by atoms with van der Waals surface area (Å²) in [6, 6.07) is 1.87. The van der Waals surface area contributed by atoms with Gasteiger partial charge in [-0.25, -0.2) is 0 Å². The number of carbonyl (C=O) groups excluding carboxylic acids is 1. The summed E-state index contributed by atoms with van der Waals surface area (Å²) in [6.07, 6.45) is 2.36. The molecule has 1 rings (SSSR count). The molecule has 1 aromatic rings. The molecule has 0 atom stereocenters. The van der Waals surface area contributed by atoms with Gasteiger partial charge in [0, 0.05) is 19.7 Å². The van der Waals surface area contributed by atoms with Crippen molar-refractivity contribution in [3.05, 3.63) is 18.0 Å². The zero-order valence-corrected chi connectivity index (χ0v) is 8.95. The predicted molar refractivity (Wildman–Crippen MR) is 54.5 cm³/mol. The highest BCUT2D eigenvalue weighted by Crippen LogP contribution is 2.05. The average molecular weight is 195 g/mol. The Kier molecular flexibility index (Phi) is 3.68. The van der Waals surface area contributed by atoms with E-state index >= 15 is 0 Å². The fraction of sp³-hybridized carbons (Fsp3) is 0.600. The van der Waals surface area contributed by atoms with Crippen molar-refractivity contribution in [2.45, 2.75) is 26.8 Å². The van der Waals surface area contributed by atoms with Crippen LogP contribution in [0.15, 0.2) is 12.3 Å². The Morgan fingerprint density at radius 2 is 2.36 bits per heavy atom. The third kappa shape index (κ3) is 3.20. The zero-order valence-electron chi connectivity index (χ0n) is 8.95. The molecule has 0 aliphatic rings. The summed E-state index contributed by atoms with van der Waals surface area (Å²) < 4.78 is 0. The number of aromatic amines is 1. The molecule has 78 valence electrons. The van der Waals surface area contributed by atoms with E-state index in [0.717, 1.165) is 5.69 Å². The number of amides is 1. The van der Waals surface area contributed by atoms with Crippen LogP contribution in [0.1, 0.15) is 26.0 Å². The van der Waals surface area contributed by atoms with Crippen molar-refractivity contribution in [3.8, 4) is 0 Å². The van der Waals surface area contributed by atoms with Crippen LogP contribution >= 0.6 is 0 Å². The Bertz CT molecular complexity index is 280. The molecule has 1 heterocycles. The van der Waals surface area contributed by atoms with Crippen molar-refractivity contribution in [2.75, 3.05) is 7.05 Å². The Labute approximate surface area is 84.3 Å². The lowest BCUT2D eigenvalue weighted by molar-refractivity contribution is -0.131. The summed E-state index contributed by atoms with van der Waals surface area (Å²) in [5, 5.41) is 6.73. The van der Waals surface area contributed by atoms with E-state index in [1.54, 1.807) is 18.1 Å². The molecule has 0 aliphatic carbocycles. The number of aromatic nitrogens is 2. The van der Waals surface area contributed by atoms with Gasteiger partial charge in [0.15, 0.2) is 0 Å². The van der Waals surface area contributed by atoms with Crippen LogP contribution in [-0.4, -0.2) is 28.1 Å². The van der Waals surface area contributed by atoms with E-state index in [1.165, 1.54) is 0 Å². The van der Waals surface area contributed by atoms with Gasteiger partial charge < -0.3 is 4.90 Å². The quantitative estimate of drug-likeness (QED) is 0.789. The lowest BCUT2D eigenvalue weighted by Gasteiger charge is -2.16. The second kappa shape index (κ2) is 4.79. The molecule has 1 amide bonds. The first-order valence-electron chi connectivity index (χ1n) is 4.82. The Balaban J connectivity index is 2.42. The normalized spacial score (nSPS) is 10.6. The Morgan fingerprint density at radius 1 is 1.64 bits per heavy atom. The molecule has 0 radical (unpaired) electrons. The monoisotopic (exact) mass is 195 g/mol. The number of hydrogen-bond donors (Lipinski definition) is 1. The fourth-order valence-corrected chi connectivity index (χ4v) is 1.22. The van der Waals surface area contributed by atoms with Crippen molar-refractivity contribution < 1.29 is 4.79 Å². The number of H-pyrrole nitrogens is 1. The van der Waals surface area contributed by atoms with Crippen LogP contribution in [0.25, 0.3) is 0 Å². The van der Waals surface area contributed by atoms with Gasteiger partial charge in [-0.15, -0.1) is 0 Å². The molecule has 4 nitrogen and oxygen atoms in total. The second-order valence-electron chi connectivity index (χ2n) is 3.91. The topological polar surface area (TPSA) is 49.0 Å². The van der Waals surface area contributed by atoms with Gasteiger partial charge in [0.05, 0.1) is 12.2 Å². The Morgan fingerprint density at radius 3 is 2.86 bits per heavy atom. The number of nitrogens with zero attached hydrogens (tertiary/aromatic N) is 2. The molecule has 0 bridgehead atoms. The molecule has 0 aliphatic heterocycles. The van der Waals surface area contributed by atoms with Crippen molar-refractivity contribution in [1.82, 2.24) is 15.1 Å². The van der Waals surface area contributed by atoms with Crippen LogP contribution < -0.4 is 0 Å². The molecule has 0 unspecified atom stereocenters. The fourth-order valence-electron chi connectivity index (χ4n) is 1.22. The van der Waals surface area contributed by atoms with Crippen LogP contribution in [0.2, 0.25) is 0 Å². The van der Waals surface area contributed by atoms with Crippen molar-refractivity contribution in [3.63, 3.8) is 0 Å². The van der Waals surface area contributed by atoms with E-state index in [0.29, 0.717) is 18.9 Å². The van der Waals surface area contributed by atoms with E-state index in [2.05, 4.69) is 10.2 Å². The first-order chi connectivity index (χ1) is 6.59. The van der Waals surface area contributed by atoms with Gasteiger partial charge in [0.2, 0.25) is 5.91 Å². The van der Waals surface area contributed by atoms with Crippen LogP contribution in [0, 0.1) is 5.92 Å². The second-order valence-corrected chi connectivity index (χ2v) is 3.91. The molecule has 14 heavy (non-hydrogen) atoms. The molecule has 1 N–H and O–H groups in total. The molecule has 4 heteroatoms. The number of nitrogens with one attached hydrogen (secondary N) is 1. The summed E-state index contributed by atoms with van der Waals surface area (Å²) >= 11 is 0. The standard InChI is InChI=1S/C10H17N3O/c1-8(2)6-10(14)13(3)7-9-4-5-11-12-9/h4-5,8H,6-7H2,1-3H3,(H,11,12). The van der Waals surface area contributed by atoms with Gasteiger partial charge in [-0.3, -0.25) is 9.89 Å². The van der Waals surface area contributed by atoms with E-state index in [-0.39, 0.29) is 5.91 Å². The maximum absolute atomic E-state index is 11.6. The lowest BCUT2D eigenvalue weighted by atomic mass is 10.1. The van der Waals surface area contributed by atoms with E-state index in [9.17, 15) is 4.79 Å². The molecule has 1 aromatic heterocycles. The number of rotatable bonds is 4. The van der Waals surface area contributed by atoms with Gasteiger partial charge in [0.25, 0.3) is 0 Å². The van der Waals surface area contributed by atoms with Crippen LogP contribution in [0.4, 0.5) is 0 Å². The van der Waals surface area contributed by atoms with Crippen LogP contribution in [0.3, 0.4) is 0 Å². The van der Waals surface area contributed by atoms with Crippen molar-refractivity contribution in [1.29, 1.82) is 0 Å². The Hall–Kier alpha value is -1.32. The summed E-state index contributed by atoms with van der Waals surface area (Å²) in [5.41, 5.74) is 0.893. The lowest BCUT2D eigenvalue weighted by Crippen LogP contribution is -2.27. The smallest absolute Gasteiger partial charge is 0.222 e. The average Bonchev–Trinajstić information content (AvgIpc) is 2.55. The third-order valence-corrected chi connectivity index (χ3v) is 1.97. The van der Waals surface area contributed by atoms with E-state index in [4.69, 9.17) is 0 Å². The van der Waals surface area contributed by atoms with Gasteiger partial charge in [-0.2, -0.15) is 5.10 Å². The van der Waals surface area contributed by atoms with E-state index < -0.39 is 0 Å². The summed E-state index contributed by atoms with van der Waals surface area (Å²) in [5.74, 6) is 0.576. The molecule has 0 fully saturated rings. The van der Waals surface area contributed by atoms with Gasteiger partial charge in [-0.1, -0.05) is 13.8 Å². The summed E-state index contributed by atoms with van der Waals surface area (Å²) in [6.45, 7) is 4.66. The molecule has 0 saturated heterocycles. The molecule has 0 aromatic carbocycles. The first-order valence-corrected chi connectivity index (χ1v) is 4.82. The van der Waals surface area contributed by atoms with E-state index in [1.807, 2.05) is 19.9 Å². The first kappa shape index (κ1) is 10.8. The summed E-state index contributed by atoms with van der Waals surface area (Å²) in [4.78, 5) is 13.3. The minimum absolute atomic E-state index is 0.169. The van der Waals surface area contributed by atoms with Crippen molar-refractivity contribution in [2.24, 2.45) is 5.92 Å². The third-order valence-electron chi connectivity index (χ3n) is 1.97. The zero-order chi connectivity index (χ0) is 10.6. The maximum Gasteiger partial charge on any atom is 0.222 e. The van der Waals surface area contributed by atoms with Crippen LogP contribution in [0.5, 0.6) is 0 Å².